The van der Waals surface area contributed by atoms with Crippen LogP contribution in [0.15, 0.2) is 23.5 Å². The van der Waals surface area contributed by atoms with Crippen molar-refractivity contribution in [2.45, 2.75) is 26.7 Å². The van der Waals surface area contributed by atoms with Crippen molar-refractivity contribution in [2.75, 3.05) is 0 Å². The minimum Gasteiger partial charge on any atom is -0.411 e. The molecule has 14 heavy (non-hydrogen) atoms. The number of pyridine rings is 1. The smallest absolute Gasteiger partial charge is 0.0891 e. The molecule has 1 aromatic rings. The number of rotatable bonds is 0. The maximum Gasteiger partial charge on any atom is 0.0891 e. The van der Waals surface area contributed by atoms with Crippen molar-refractivity contribution in [2.24, 2.45) is 10.6 Å². The molecule has 3 heteroatoms. The molecule has 0 bridgehead atoms. The van der Waals surface area contributed by atoms with Crippen LogP contribution in [0, 0.1) is 5.41 Å². The number of nitrogens with zero attached hydrogens (tertiary/aromatic N) is 2. The van der Waals surface area contributed by atoms with E-state index in [4.69, 9.17) is 5.21 Å². The van der Waals surface area contributed by atoms with E-state index in [1.807, 2.05) is 12.1 Å². The molecule has 74 valence electrons. The minimum absolute atomic E-state index is 0.142. The SMILES string of the molecule is CC1(C)C/C(=N/O)c2cccnc2C1. The van der Waals surface area contributed by atoms with Gasteiger partial charge in [-0.05, 0) is 30.4 Å². The van der Waals surface area contributed by atoms with E-state index in [1.165, 1.54) is 0 Å². The van der Waals surface area contributed by atoms with Crippen LogP contribution >= 0.6 is 0 Å². The van der Waals surface area contributed by atoms with Gasteiger partial charge in [-0.3, -0.25) is 4.98 Å². The Morgan fingerprint density at radius 1 is 1.43 bits per heavy atom. The van der Waals surface area contributed by atoms with Gasteiger partial charge in [0.05, 0.1) is 11.4 Å². The highest BCUT2D eigenvalue weighted by molar-refractivity contribution is 6.02. The average molecular weight is 190 g/mol. The van der Waals surface area contributed by atoms with Gasteiger partial charge in [-0.1, -0.05) is 19.0 Å². The molecular formula is C11H14N2O. The first-order valence-electron chi connectivity index (χ1n) is 4.77. The predicted molar refractivity (Wildman–Crippen MR) is 54.7 cm³/mol. The summed E-state index contributed by atoms with van der Waals surface area (Å²) in [5.74, 6) is 0. The maximum absolute atomic E-state index is 8.93. The van der Waals surface area contributed by atoms with Gasteiger partial charge in [0.25, 0.3) is 0 Å². The summed E-state index contributed by atoms with van der Waals surface area (Å²) < 4.78 is 0. The molecule has 1 aromatic heterocycles. The van der Waals surface area contributed by atoms with Gasteiger partial charge in [0.2, 0.25) is 0 Å². The van der Waals surface area contributed by atoms with E-state index in [9.17, 15) is 0 Å². The van der Waals surface area contributed by atoms with Gasteiger partial charge in [-0.15, -0.1) is 0 Å². The lowest BCUT2D eigenvalue weighted by atomic mass is 9.75. The zero-order valence-corrected chi connectivity index (χ0v) is 8.49. The second-order valence-electron chi connectivity index (χ2n) is 4.56. The lowest BCUT2D eigenvalue weighted by Crippen LogP contribution is -2.28. The molecule has 1 N–H and O–H groups in total. The lowest BCUT2D eigenvalue weighted by molar-refractivity contribution is 0.306. The largest absolute Gasteiger partial charge is 0.411 e. The Labute approximate surface area is 83.5 Å². The van der Waals surface area contributed by atoms with Crippen LogP contribution in [0.4, 0.5) is 0 Å². The molecule has 0 saturated carbocycles. The van der Waals surface area contributed by atoms with Gasteiger partial charge in [-0.25, -0.2) is 0 Å². The fraction of sp³-hybridized carbons (Fsp3) is 0.455. The van der Waals surface area contributed by atoms with Crippen LogP contribution in [0.2, 0.25) is 0 Å². The highest BCUT2D eigenvalue weighted by atomic mass is 16.4. The Balaban J connectivity index is 2.52. The first-order chi connectivity index (χ1) is 6.62. The van der Waals surface area contributed by atoms with Crippen LogP contribution in [-0.4, -0.2) is 15.9 Å². The third-order valence-electron chi connectivity index (χ3n) is 2.61. The third-order valence-corrected chi connectivity index (χ3v) is 2.61. The summed E-state index contributed by atoms with van der Waals surface area (Å²) in [7, 11) is 0. The highest BCUT2D eigenvalue weighted by Crippen LogP contribution is 2.33. The summed E-state index contributed by atoms with van der Waals surface area (Å²) in [4.78, 5) is 4.32. The molecule has 1 aliphatic rings. The molecule has 0 fully saturated rings. The molecule has 0 radical (unpaired) electrons. The van der Waals surface area contributed by atoms with E-state index in [-0.39, 0.29) is 5.41 Å². The molecule has 1 heterocycles. The molecular weight excluding hydrogens is 176 g/mol. The fourth-order valence-corrected chi connectivity index (χ4v) is 2.00. The Kier molecular flexibility index (Phi) is 2.02. The Hall–Kier alpha value is -1.38. The summed E-state index contributed by atoms with van der Waals surface area (Å²) >= 11 is 0. The van der Waals surface area contributed by atoms with E-state index in [2.05, 4.69) is 24.0 Å². The van der Waals surface area contributed by atoms with Crippen molar-refractivity contribution in [3.05, 3.63) is 29.6 Å². The van der Waals surface area contributed by atoms with Crippen LogP contribution in [0.1, 0.15) is 31.5 Å². The molecule has 0 spiro atoms. The zero-order chi connectivity index (χ0) is 10.2. The lowest BCUT2D eigenvalue weighted by Gasteiger charge is -2.30. The second-order valence-corrected chi connectivity index (χ2v) is 4.56. The molecule has 2 rings (SSSR count). The van der Waals surface area contributed by atoms with Gasteiger partial charge < -0.3 is 5.21 Å². The van der Waals surface area contributed by atoms with Gasteiger partial charge >= 0.3 is 0 Å². The van der Waals surface area contributed by atoms with Crippen LogP contribution in [0.25, 0.3) is 0 Å². The maximum atomic E-state index is 8.93. The van der Waals surface area contributed by atoms with Crippen LogP contribution in [0.3, 0.4) is 0 Å². The first-order valence-corrected chi connectivity index (χ1v) is 4.77. The van der Waals surface area contributed by atoms with Gasteiger partial charge in [0.15, 0.2) is 0 Å². The van der Waals surface area contributed by atoms with E-state index < -0.39 is 0 Å². The van der Waals surface area contributed by atoms with E-state index >= 15 is 0 Å². The monoisotopic (exact) mass is 190 g/mol. The summed E-state index contributed by atoms with van der Waals surface area (Å²) in [6.07, 6.45) is 3.54. The summed E-state index contributed by atoms with van der Waals surface area (Å²) in [6, 6.07) is 3.84. The van der Waals surface area contributed by atoms with E-state index in [1.54, 1.807) is 6.20 Å². The minimum atomic E-state index is 0.142. The van der Waals surface area contributed by atoms with Crippen LogP contribution in [-0.2, 0) is 6.42 Å². The van der Waals surface area contributed by atoms with Crippen molar-refractivity contribution in [3.8, 4) is 0 Å². The normalized spacial score (nSPS) is 22.0. The number of hydrogen-bond acceptors (Lipinski definition) is 3. The molecule has 0 amide bonds. The first kappa shape index (κ1) is 9.19. The molecule has 0 saturated heterocycles. The van der Waals surface area contributed by atoms with Gasteiger partial charge in [0, 0.05) is 11.8 Å². The molecule has 0 aliphatic heterocycles. The number of aromatic nitrogens is 1. The third kappa shape index (κ3) is 1.50. The van der Waals surface area contributed by atoms with Crippen molar-refractivity contribution >= 4 is 5.71 Å². The predicted octanol–water partition coefficient (Wildman–Crippen LogP) is 2.23. The molecule has 1 aliphatic carbocycles. The van der Waals surface area contributed by atoms with Crippen molar-refractivity contribution in [1.29, 1.82) is 0 Å². The van der Waals surface area contributed by atoms with E-state index in [0.717, 1.165) is 29.8 Å². The molecule has 0 aromatic carbocycles. The second kappa shape index (κ2) is 3.08. The van der Waals surface area contributed by atoms with Gasteiger partial charge in [-0.2, -0.15) is 0 Å². The Bertz CT molecular complexity index is 383. The number of oxime groups is 1. The highest BCUT2D eigenvalue weighted by Gasteiger charge is 2.30. The van der Waals surface area contributed by atoms with Gasteiger partial charge in [0.1, 0.15) is 0 Å². The summed E-state index contributed by atoms with van der Waals surface area (Å²) in [6.45, 7) is 4.32. The summed E-state index contributed by atoms with van der Waals surface area (Å²) in [5, 5.41) is 12.3. The van der Waals surface area contributed by atoms with Crippen molar-refractivity contribution < 1.29 is 5.21 Å². The molecule has 0 atom stereocenters. The fourth-order valence-electron chi connectivity index (χ4n) is 2.00. The average Bonchev–Trinajstić information content (AvgIpc) is 2.15. The molecule has 0 unspecified atom stereocenters. The zero-order valence-electron chi connectivity index (χ0n) is 8.49. The standard InChI is InChI=1S/C11H14N2O/c1-11(2)6-9-8(4-3-5-12-9)10(7-11)13-14/h3-5,14H,6-7H2,1-2H3/b13-10-. The number of fused-ring (bicyclic) bond motifs is 1. The quantitative estimate of drug-likeness (QED) is 0.503. The molecule has 3 nitrogen and oxygen atoms in total. The number of hydrogen-bond donors (Lipinski definition) is 1. The topological polar surface area (TPSA) is 45.5 Å². The van der Waals surface area contributed by atoms with Crippen molar-refractivity contribution in [1.82, 2.24) is 4.98 Å². The van der Waals surface area contributed by atoms with Crippen LogP contribution in [0.5, 0.6) is 0 Å². The van der Waals surface area contributed by atoms with E-state index in [0.29, 0.717) is 0 Å². The summed E-state index contributed by atoms with van der Waals surface area (Å²) in [5.41, 5.74) is 2.93. The Morgan fingerprint density at radius 3 is 2.93 bits per heavy atom. The Morgan fingerprint density at radius 2 is 2.21 bits per heavy atom. The van der Waals surface area contributed by atoms with Crippen molar-refractivity contribution in [3.63, 3.8) is 0 Å². The van der Waals surface area contributed by atoms with Crippen LogP contribution < -0.4 is 0 Å².